The molecule has 0 radical (unpaired) electrons. The molecule has 0 aliphatic heterocycles. The smallest absolute Gasteiger partial charge is 0.259 e. The van der Waals surface area contributed by atoms with E-state index in [2.05, 4.69) is 15.6 Å². The Morgan fingerprint density at radius 1 is 1.38 bits per heavy atom. The van der Waals surface area contributed by atoms with E-state index in [0.29, 0.717) is 23.6 Å². The molecule has 0 spiro atoms. The molecule has 4 nitrogen and oxygen atoms in total. The normalized spacial score (nSPS) is 10.2. The highest BCUT2D eigenvalue weighted by Gasteiger charge is 2.13. The predicted molar refractivity (Wildman–Crippen MR) is 82.4 cm³/mol. The maximum Gasteiger partial charge on any atom is 0.259 e. The lowest BCUT2D eigenvalue weighted by atomic mass is 10.2. The summed E-state index contributed by atoms with van der Waals surface area (Å²) in [5.41, 5.74) is 0.764. The Morgan fingerprint density at radius 2 is 2.19 bits per heavy atom. The Bertz CT molecular complexity index is 649. The van der Waals surface area contributed by atoms with Crippen molar-refractivity contribution < 1.29 is 9.18 Å². The quantitative estimate of drug-likeness (QED) is 0.879. The van der Waals surface area contributed by atoms with Gasteiger partial charge in [0, 0.05) is 12.7 Å². The van der Waals surface area contributed by atoms with Crippen molar-refractivity contribution in [3.05, 3.63) is 52.9 Å². The van der Waals surface area contributed by atoms with Crippen molar-refractivity contribution >= 4 is 29.0 Å². The van der Waals surface area contributed by atoms with Gasteiger partial charge >= 0.3 is 0 Å². The Hall–Kier alpha value is -2.14. The summed E-state index contributed by atoms with van der Waals surface area (Å²) in [6, 6.07) is 7.15. The molecule has 1 heterocycles. The number of amides is 1. The summed E-state index contributed by atoms with van der Waals surface area (Å²) in [6.07, 6.45) is 2.53. The van der Waals surface area contributed by atoms with Crippen LogP contribution in [0.1, 0.15) is 23.7 Å². The molecule has 0 unspecified atom stereocenters. The molecule has 1 aromatic carbocycles. The van der Waals surface area contributed by atoms with Gasteiger partial charge in [-0.15, -0.1) is 0 Å². The number of anilines is 2. The van der Waals surface area contributed by atoms with Gasteiger partial charge in [-0.1, -0.05) is 18.5 Å². The highest BCUT2D eigenvalue weighted by molar-refractivity contribution is 6.34. The zero-order valence-corrected chi connectivity index (χ0v) is 12.2. The summed E-state index contributed by atoms with van der Waals surface area (Å²) in [4.78, 5) is 16.4. The molecule has 1 amide bonds. The van der Waals surface area contributed by atoms with Crippen molar-refractivity contribution in [3.8, 4) is 0 Å². The van der Waals surface area contributed by atoms with E-state index in [0.717, 1.165) is 12.5 Å². The van der Waals surface area contributed by atoms with Crippen LogP contribution in [0.5, 0.6) is 0 Å². The SMILES string of the molecule is CCCNc1ncccc1C(=O)Nc1ccc(F)cc1Cl. The molecule has 2 N–H and O–H groups in total. The molecule has 2 rings (SSSR count). The van der Waals surface area contributed by atoms with Gasteiger partial charge in [-0.3, -0.25) is 4.79 Å². The van der Waals surface area contributed by atoms with Crippen LogP contribution in [0, 0.1) is 5.82 Å². The number of aromatic nitrogens is 1. The van der Waals surface area contributed by atoms with Gasteiger partial charge in [-0.25, -0.2) is 9.37 Å². The van der Waals surface area contributed by atoms with Crippen LogP contribution in [0.25, 0.3) is 0 Å². The van der Waals surface area contributed by atoms with Crippen molar-refractivity contribution in [1.29, 1.82) is 0 Å². The first kappa shape index (κ1) is 15.3. The van der Waals surface area contributed by atoms with Crippen LogP contribution < -0.4 is 10.6 Å². The van der Waals surface area contributed by atoms with E-state index in [-0.39, 0.29) is 10.9 Å². The Kier molecular flexibility index (Phi) is 5.11. The third kappa shape index (κ3) is 3.92. The molecule has 0 aliphatic carbocycles. The van der Waals surface area contributed by atoms with Gasteiger partial charge in [0.05, 0.1) is 16.3 Å². The van der Waals surface area contributed by atoms with Crippen LogP contribution in [0.15, 0.2) is 36.5 Å². The average Bonchev–Trinajstić information content (AvgIpc) is 2.48. The Labute approximate surface area is 127 Å². The molecule has 0 saturated carbocycles. The number of nitrogens with zero attached hydrogens (tertiary/aromatic N) is 1. The minimum Gasteiger partial charge on any atom is -0.369 e. The zero-order chi connectivity index (χ0) is 15.2. The summed E-state index contributed by atoms with van der Waals surface area (Å²) in [5, 5.41) is 5.89. The number of hydrogen-bond donors (Lipinski definition) is 2. The Balaban J connectivity index is 2.20. The lowest BCUT2D eigenvalue weighted by Crippen LogP contribution is -2.16. The van der Waals surface area contributed by atoms with Gasteiger partial charge < -0.3 is 10.6 Å². The second-order valence-corrected chi connectivity index (χ2v) is 4.81. The minimum atomic E-state index is -0.454. The van der Waals surface area contributed by atoms with E-state index in [1.165, 1.54) is 12.1 Å². The van der Waals surface area contributed by atoms with E-state index >= 15 is 0 Å². The van der Waals surface area contributed by atoms with E-state index in [9.17, 15) is 9.18 Å². The van der Waals surface area contributed by atoms with Crippen LogP contribution >= 0.6 is 11.6 Å². The number of nitrogens with one attached hydrogen (secondary N) is 2. The van der Waals surface area contributed by atoms with E-state index in [1.807, 2.05) is 6.92 Å². The van der Waals surface area contributed by atoms with Crippen molar-refractivity contribution in [3.63, 3.8) is 0 Å². The highest BCUT2D eigenvalue weighted by atomic mass is 35.5. The first-order valence-corrected chi connectivity index (χ1v) is 6.95. The molecule has 110 valence electrons. The van der Waals surface area contributed by atoms with Crippen LogP contribution in [0.3, 0.4) is 0 Å². The molecule has 1 aromatic heterocycles. The maximum absolute atomic E-state index is 13.0. The molecule has 2 aromatic rings. The van der Waals surface area contributed by atoms with Crippen LogP contribution in [0.2, 0.25) is 5.02 Å². The average molecular weight is 308 g/mol. The molecular weight excluding hydrogens is 293 g/mol. The second-order valence-electron chi connectivity index (χ2n) is 4.40. The third-order valence-electron chi connectivity index (χ3n) is 2.77. The number of carbonyl (C=O) groups excluding carboxylic acids is 1. The number of halogens is 2. The summed E-state index contributed by atoms with van der Waals surface area (Å²) in [6.45, 7) is 2.74. The number of rotatable bonds is 5. The largest absolute Gasteiger partial charge is 0.369 e. The standard InChI is InChI=1S/C15H15ClFN3O/c1-2-7-18-14-11(4-3-8-19-14)15(21)20-13-6-5-10(17)9-12(13)16/h3-6,8-9H,2,7H2,1H3,(H,18,19)(H,20,21). The molecule has 0 bridgehead atoms. The monoisotopic (exact) mass is 307 g/mol. The lowest BCUT2D eigenvalue weighted by molar-refractivity contribution is 0.102. The minimum absolute atomic E-state index is 0.148. The fourth-order valence-corrected chi connectivity index (χ4v) is 1.97. The maximum atomic E-state index is 13.0. The summed E-state index contributed by atoms with van der Waals surface area (Å²) in [7, 11) is 0. The van der Waals surface area contributed by atoms with Gasteiger partial charge in [-0.05, 0) is 36.8 Å². The van der Waals surface area contributed by atoms with Gasteiger partial charge in [0.2, 0.25) is 0 Å². The summed E-state index contributed by atoms with van der Waals surface area (Å²) in [5.74, 6) is -0.296. The summed E-state index contributed by atoms with van der Waals surface area (Å²) >= 11 is 5.90. The van der Waals surface area contributed by atoms with Crippen molar-refractivity contribution in [2.75, 3.05) is 17.2 Å². The summed E-state index contributed by atoms with van der Waals surface area (Å²) < 4.78 is 13.0. The van der Waals surface area contributed by atoms with E-state index < -0.39 is 5.82 Å². The van der Waals surface area contributed by atoms with E-state index in [4.69, 9.17) is 11.6 Å². The fourth-order valence-electron chi connectivity index (χ4n) is 1.75. The van der Waals surface area contributed by atoms with Crippen LogP contribution in [0.4, 0.5) is 15.9 Å². The molecule has 0 saturated heterocycles. The van der Waals surface area contributed by atoms with Crippen LogP contribution in [-0.4, -0.2) is 17.4 Å². The van der Waals surface area contributed by atoms with Crippen molar-refractivity contribution in [2.45, 2.75) is 13.3 Å². The van der Waals surface area contributed by atoms with E-state index in [1.54, 1.807) is 18.3 Å². The number of hydrogen-bond acceptors (Lipinski definition) is 3. The van der Waals surface area contributed by atoms with Gasteiger partial charge in [0.15, 0.2) is 0 Å². The fraction of sp³-hybridized carbons (Fsp3) is 0.200. The van der Waals surface area contributed by atoms with Gasteiger partial charge in [0.1, 0.15) is 11.6 Å². The lowest BCUT2D eigenvalue weighted by Gasteiger charge is -2.11. The molecule has 0 fully saturated rings. The molecule has 0 atom stereocenters. The molecule has 0 aliphatic rings. The molecule has 6 heteroatoms. The zero-order valence-electron chi connectivity index (χ0n) is 11.5. The van der Waals surface area contributed by atoms with Gasteiger partial charge in [-0.2, -0.15) is 0 Å². The first-order valence-electron chi connectivity index (χ1n) is 6.57. The first-order chi connectivity index (χ1) is 10.1. The number of benzene rings is 1. The van der Waals surface area contributed by atoms with Crippen LogP contribution in [-0.2, 0) is 0 Å². The van der Waals surface area contributed by atoms with Gasteiger partial charge in [0.25, 0.3) is 5.91 Å². The number of pyridine rings is 1. The highest BCUT2D eigenvalue weighted by Crippen LogP contribution is 2.23. The number of carbonyl (C=O) groups is 1. The second kappa shape index (κ2) is 7.04. The molecule has 21 heavy (non-hydrogen) atoms. The van der Waals surface area contributed by atoms with Crippen molar-refractivity contribution in [1.82, 2.24) is 4.98 Å². The predicted octanol–water partition coefficient (Wildman–Crippen LogP) is 3.95. The third-order valence-corrected chi connectivity index (χ3v) is 3.09. The molecular formula is C15H15ClFN3O. The topological polar surface area (TPSA) is 54.0 Å². The Morgan fingerprint density at radius 3 is 2.90 bits per heavy atom. The van der Waals surface area contributed by atoms with Crippen molar-refractivity contribution in [2.24, 2.45) is 0 Å².